The fourth-order valence-electron chi connectivity index (χ4n) is 3.97. The molecule has 5 heteroatoms. The van der Waals surface area contributed by atoms with Crippen molar-refractivity contribution in [2.24, 2.45) is 5.92 Å². The van der Waals surface area contributed by atoms with Crippen LogP contribution in [0.2, 0.25) is 0 Å². The molecule has 0 aromatic heterocycles. The van der Waals surface area contributed by atoms with Crippen molar-refractivity contribution >= 4 is 6.09 Å². The zero-order valence-electron chi connectivity index (χ0n) is 16.1. The summed E-state index contributed by atoms with van der Waals surface area (Å²) in [6.07, 6.45) is 7.21. The van der Waals surface area contributed by atoms with E-state index in [0.29, 0.717) is 18.0 Å². The van der Waals surface area contributed by atoms with E-state index in [1.165, 1.54) is 58.2 Å². The predicted octanol–water partition coefficient (Wildman–Crippen LogP) is 3.14. The highest BCUT2D eigenvalue weighted by Gasteiger charge is 2.30. The van der Waals surface area contributed by atoms with Gasteiger partial charge in [-0.25, -0.2) is 4.79 Å². The molecule has 1 saturated carbocycles. The van der Waals surface area contributed by atoms with Gasteiger partial charge in [-0.15, -0.1) is 0 Å². The van der Waals surface area contributed by atoms with E-state index in [9.17, 15) is 4.79 Å². The molecule has 0 radical (unpaired) electrons. The maximum absolute atomic E-state index is 11.9. The molecular formula is C19H37N3O2. The standard InChI is InChI=1S/C19H37N3O2/c1-5-22-12-7-9-16(11-13-22)21-17-10-6-8-15(17)14-20-18(23)24-19(2,3)4/h15-17,21H,5-14H2,1-4H3,(H,20,23). The maximum Gasteiger partial charge on any atom is 0.407 e. The number of ether oxygens (including phenoxy) is 1. The van der Waals surface area contributed by atoms with E-state index in [4.69, 9.17) is 4.74 Å². The SMILES string of the molecule is CCN1CCCC(NC2CCCC2CNC(=O)OC(C)(C)C)CC1. The van der Waals surface area contributed by atoms with E-state index < -0.39 is 5.60 Å². The van der Waals surface area contributed by atoms with Gasteiger partial charge in [-0.1, -0.05) is 13.3 Å². The lowest BCUT2D eigenvalue weighted by Crippen LogP contribution is -2.45. The van der Waals surface area contributed by atoms with Crippen LogP contribution < -0.4 is 10.6 Å². The molecule has 2 aliphatic rings. The van der Waals surface area contributed by atoms with Gasteiger partial charge in [0.2, 0.25) is 0 Å². The molecule has 0 aromatic carbocycles. The number of carbonyl (C=O) groups excluding carboxylic acids is 1. The van der Waals surface area contributed by atoms with Gasteiger partial charge in [0.1, 0.15) is 5.60 Å². The van der Waals surface area contributed by atoms with Gasteiger partial charge in [-0.2, -0.15) is 0 Å². The highest BCUT2D eigenvalue weighted by atomic mass is 16.6. The Balaban J connectivity index is 1.75. The van der Waals surface area contributed by atoms with Crippen molar-refractivity contribution in [1.82, 2.24) is 15.5 Å². The molecule has 24 heavy (non-hydrogen) atoms. The number of carbonyl (C=O) groups is 1. The molecule has 3 atom stereocenters. The van der Waals surface area contributed by atoms with E-state index >= 15 is 0 Å². The van der Waals surface area contributed by atoms with Gasteiger partial charge in [0.15, 0.2) is 0 Å². The van der Waals surface area contributed by atoms with Crippen molar-refractivity contribution in [2.75, 3.05) is 26.2 Å². The Morgan fingerprint density at radius 2 is 1.92 bits per heavy atom. The van der Waals surface area contributed by atoms with E-state index in [-0.39, 0.29) is 6.09 Å². The van der Waals surface area contributed by atoms with Crippen molar-refractivity contribution in [3.8, 4) is 0 Å². The first-order valence-electron chi connectivity index (χ1n) is 9.82. The first kappa shape index (κ1) is 19.5. The molecule has 3 unspecified atom stereocenters. The molecule has 0 bridgehead atoms. The molecule has 1 amide bonds. The first-order chi connectivity index (χ1) is 11.4. The molecule has 1 aliphatic carbocycles. The third kappa shape index (κ3) is 6.60. The van der Waals surface area contributed by atoms with Gasteiger partial charge in [0.05, 0.1) is 0 Å². The Kier molecular flexibility index (Phi) is 7.35. The highest BCUT2D eigenvalue weighted by molar-refractivity contribution is 5.67. The van der Waals surface area contributed by atoms with Crippen LogP contribution in [0.25, 0.3) is 0 Å². The molecule has 5 nitrogen and oxygen atoms in total. The maximum atomic E-state index is 11.9. The quantitative estimate of drug-likeness (QED) is 0.808. The Hall–Kier alpha value is -0.810. The Bertz CT molecular complexity index is 395. The fourth-order valence-corrected chi connectivity index (χ4v) is 3.97. The van der Waals surface area contributed by atoms with Gasteiger partial charge in [-0.3, -0.25) is 0 Å². The van der Waals surface area contributed by atoms with E-state index in [1.54, 1.807) is 0 Å². The van der Waals surface area contributed by atoms with Crippen molar-refractivity contribution in [1.29, 1.82) is 0 Å². The topological polar surface area (TPSA) is 53.6 Å². The number of hydrogen-bond donors (Lipinski definition) is 2. The summed E-state index contributed by atoms with van der Waals surface area (Å²) in [7, 11) is 0. The lowest BCUT2D eigenvalue weighted by Gasteiger charge is -2.27. The molecule has 1 heterocycles. The minimum absolute atomic E-state index is 0.291. The highest BCUT2D eigenvalue weighted by Crippen LogP contribution is 2.27. The van der Waals surface area contributed by atoms with Crippen LogP contribution in [-0.2, 0) is 4.74 Å². The zero-order valence-corrected chi connectivity index (χ0v) is 16.1. The number of nitrogens with zero attached hydrogens (tertiary/aromatic N) is 1. The van der Waals surface area contributed by atoms with Crippen molar-refractivity contribution in [3.63, 3.8) is 0 Å². The van der Waals surface area contributed by atoms with Gasteiger partial charge < -0.3 is 20.3 Å². The van der Waals surface area contributed by atoms with Crippen molar-refractivity contribution in [3.05, 3.63) is 0 Å². The summed E-state index contributed by atoms with van der Waals surface area (Å²) in [5, 5.41) is 6.87. The summed E-state index contributed by atoms with van der Waals surface area (Å²) in [5.74, 6) is 0.531. The van der Waals surface area contributed by atoms with Crippen LogP contribution in [0.3, 0.4) is 0 Å². The minimum Gasteiger partial charge on any atom is -0.444 e. The normalized spacial score (nSPS) is 29.2. The Morgan fingerprint density at radius 1 is 1.12 bits per heavy atom. The van der Waals surface area contributed by atoms with Crippen LogP contribution in [-0.4, -0.2) is 54.9 Å². The average molecular weight is 340 g/mol. The zero-order chi connectivity index (χ0) is 17.6. The van der Waals surface area contributed by atoms with E-state index in [1.807, 2.05) is 20.8 Å². The lowest BCUT2D eigenvalue weighted by molar-refractivity contribution is 0.0517. The predicted molar refractivity (Wildman–Crippen MR) is 98.3 cm³/mol. The number of rotatable bonds is 5. The summed E-state index contributed by atoms with van der Waals surface area (Å²) in [5.41, 5.74) is -0.428. The van der Waals surface area contributed by atoms with Crippen LogP contribution in [0.5, 0.6) is 0 Å². The van der Waals surface area contributed by atoms with Gasteiger partial charge in [0, 0.05) is 18.6 Å². The molecule has 1 saturated heterocycles. The second kappa shape index (κ2) is 9.04. The van der Waals surface area contributed by atoms with Crippen LogP contribution in [0, 0.1) is 5.92 Å². The van der Waals surface area contributed by atoms with Crippen molar-refractivity contribution < 1.29 is 9.53 Å². The van der Waals surface area contributed by atoms with Crippen LogP contribution in [0.1, 0.15) is 66.2 Å². The third-order valence-electron chi connectivity index (χ3n) is 5.28. The van der Waals surface area contributed by atoms with Gasteiger partial charge >= 0.3 is 6.09 Å². The lowest BCUT2D eigenvalue weighted by atomic mass is 10.0. The number of amides is 1. The van der Waals surface area contributed by atoms with Gasteiger partial charge in [0.25, 0.3) is 0 Å². The second-order valence-corrected chi connectivity index (χ2v) is 8.41. The van der Waals surface area contributed by atoms with Crippen molar-refractivity contribution in [2.45, 2.75) is 83.9 Å². The van der Waals surface area contributed by atoms with Gasteiger partial charge in [-0.05, 0) is 78.4 Å². The molecule has 2 rings (SSSR count). The van der Waals surface area contributed by atoms with Crippen LogP contribution >= 0.6 is 0 Å². The Morgan fingerprint density at radius 3 is 2.62 bits per heavy atom. The third-order valence-corrected chi connectivity index (χ3v) is 5.28. The first-order valence-corrected chi connectivity index (χ1v) is 9.82. The number of nitrogens with one attached hydrogen (secondary N) is 2. The number of alkyl carbamates (subject to hydrolysis) is 1. The molecule has 2 fully saturated rings. The molecule has 140 valence electrons. The average Bonchev–Trinajstić information content (AvgIpc) is 2.80. The monoisotopic (exact) mass is 339 g/mol. The van der Waals surface area contributed by atoms with Crippen LogP contribution in [0.4, 0.5) is 4.79 Å². The second-order valence-electron chi connectivity index (χ2n) is 8.41. The summed E-state index contributed by atoms with van der Waals surface area (Å²) < 4.78 is 5.35. The van der Waals surface area contributed by atoms with Crippen LogP contribution in [0.15, 0.2) is 0 Å². The smallest absolute Gasteiger partial charge is 0.407 e. The molecule has 0 spiro atoms. The summed E-state index contributed by atoms with van der Waals surface area (Å²) in [4.78, 5) is 14.4. The molecule has 2 N–H and O–H groups in total. The molecular weight excluding hydrogens is 302 g/mol. The van der Waals surface area contributed by atoms with E-state index in [2.05, 4.69) is 22.5 Å². The Labute approximate surface area is 147 Å². The summed E-state index contributed by atoms with van der Waals surface area (Å²) in [6, 6.07) is 1.17. The fraction of sp³-hybridized carbons (Fsp3) is 0.947. The number of hydrogen-bond acceptors (Lipinski definition) is 4. The molecule has 1 aliphatic heterocycles. The number of likely N-dealkylation sites (tertiary alicyclic amines) is 1. The molecule has 0 aromatic rings. The minimum atomic E-state index is -0.428. The van der Waals surface area contributed by atoms with E-state index in [0.717, 1.165) is 6.54 Å². The largest absolute Gasteiger partial charge is 0.444 e. The summed E-state index contributed by atoms with van der Waals surface area (Å²) in [6.45, 7) is 12.3. The summed E-state index contributed by atoms with van der Waals surface area (Å²) >= 11 is 0.